The van der Waals surface area contributed by atoms with Crippen molar-refractivity contribution in [3.63, 3.8) is 0 Å². The number of carboxylic acids is 1. The summed E-state index contributed by atoms with van der Waals surface area (Å²) >= 11 is 0. The number of hydrogen-bond acceptors (Lipinski definition) is 5. The molecule has 0 bridgehead atoms. The second-order valence-corrected chi connectivity index (χ2v) is 8.51. The number of alkyl halides is 2. The Morgan fingerprint density at radius 3 is 2.58 bits per heavy atom. The molecule has 1 saturated carbocycles. The topological polar surface area (TPSA) is 69.6 Å². The fourth-order valence-corrected chi connectivity index (χ4v) is 4.93. The van der Waals surface area contributed by atoms with E-state index in [0.717, 1.165) is 13.0 Å². The van der Waals surface area contributed by atoms with E-state index in [-0.39, 0.29) is 29.5 Å². The summed E-state index contributed by atoms with van der Waals surface area (Å²) in [5.41, 5.74) is 0.511. The molecule has 0 radical (unpaired) electrons. The molecule has 6 nitrogen and oxygen atoms in total. The predicted molar refractivity (Wildman–Crippen MR) is 90.7 cm³/mol. The first-order valence-corrected chi connectivity index (χ1v) is 9.32. The third-order valence-corrected chi connectivity index (χ3v) is 6.65. The summed E-state index contributed by atoms with van der Waals surface area (Å²) in [7, 11) is 0. The number of hydrogen-bond donors (Lipinski definition) is 1. The third kappa shape index (κ3) is 2.16. The molecule has 2 aliphatic carbocycles. The molecule has 5 rings (SSSR count). The van der Waals surface area contributed by atoms with Crippen LogP contribution in [0.1, 0.15) is 43.9 Å². The van der Waals surface area contributed by atoms with Gasteiger partial charge in [0.25, 0.3) is 5.92 Å². The van der Waals surface area contributed by atoms with Crippen molar-refractivity contribution in [2.75, 3.05) is 29.4 Å². The summed E-state index contributed by atoms with van der Waals surface area (Å²) in [6, 6.07) is 0.279. The largest absolute Gasteiger partial charge is 0.481 e. The van der Waals surface area contributed by atoms with E-state index in [1.54, 1.807) is 0 Å². The zero-order valence-electron chi connectivity index (χ0n) is 14.7. The summed E-state index contributed by atoms with van der Waals surface area (Å²) < 4.78 is 28.7. The average molecular weight is 364 g/mol. The van der Waals surface area contributed by atoms with E-state index in [0.29, 0.717) is 49.7 Å². The van der Waals surface area contributed by atoms with Gasteiger partial charge < -0.3 is 14.9 Å². The second kappa shape index (κ2) is 5.04. The molecule has 1 aromatic heterocycles. The van der Waals surface area contributed by atoms with Gasteiger partial charge in [-0.15, -0.1) is 0 Å². The molecule has 1 atom stereocenters. The lowest BCUT2D eigenvalue weighted by molar-refractivity contribution is -0.151. The molecule has 3 fully saturated rings. The maximum atomic E-state index is 14.3. The van der Waals surface area contributed by atoms with Gasteiger partial charge in [-0.3, -0.25) is 4.79 Å². The van der Waals surface area contributed by atoms with Crippen LogP contribution in [0.5, 0.6) is 0 Å². The van der Waals surface area contributed by atoms with E-state index in [1.807, 2.05) is 9.80 Å². The minimum absolute atomic E-state index is 0.0340. The number of carboxylic acid groups (broad SMARTS) is 1. The van der Waals surface area contributed by atoms with Crippen LogP contribution in [0.15, 0.2) is 0 Å². The van der Waals surface area contributed by atoms with Crippen LogP contribution in [0.25, 0.3) is 0 Å². The highest BCUT2D eigenvalue weighted by Crippen LogP contribution is 2.54. The Morgan fingerprint density at radius 2 is 2.00 bits per heavy atom. The SMILES string of the molecule is C[C@H]1CCN1c1nc(N2CC3(CC(C(=O)O)C3)C2)c2c(n1)C(F)(F)CC2. The number of halogens is 2. The van der Waals surface area contributed by atoms with Crippen molar-refractivity contribution in [2.24, 2.45) is 11.3 Å². The fraction of sp³-hybridized carbons (Fsp3) is 0.722. The number of rotatable bonds is 3. The van der Waals surface area contributed by atoms with Crippen molar-refractivity contribution in [3.8, 4) is 0 Å². The van der Waals surface area contributed by atoms with E-state index < -0.39 is 11.9 Å². The van der Waals surface area contributed by atoms with E-state index in [1.165, 1.54) is 0 Å². The minimum atomic E-state index is -2.89. The molecule has 0 amide bonds. The summed E-state index contributed by atoms with van der Waals surface area (Å²) in [4.78, 5) is 24.0. The molecule has 0 aromatic carbocycles. The summed E-state index contributed by atoms with van der Waals surface area (Å²) in [6.45, 7) is 4.27. The van der Waals surface area contributed by atoms with E-state index in [2.05, 4.69) is 16.9 Å². The monoisotopic (exact) mass is 364 g/mol. The number of fused-ring (bicyclic) bond motifs is 1. The zero-order chi connectivity index (χ0) is 18.3. The van der Waals surface area contributed by atoms with Crippen LogP contribution >= 0.6 is 0 Å². The van der Waals surface area contributed by atoms with Crippen molar-refractivity contribution < 1.29 is 18.7 Å². The van der Waals surface area contributed by atoms with Crippen molar-refractivity contribution in [3.05, 3.63) is 11.3 Å². The van der Waals surface area contributed by atoms with Crippen LogP contribution in [-0.2, 0) is 17.1 Å². The number of anilines is 2. The van der Waals surface area contributed by atoms with Gasteiger partial charge in [-0.25, -0.2) is 4.98 Å². The highest BCUT2D eigenvalue weighted by Gasteiger charge is 2.56. The van der Waals surface area contributed by atoms with Gasteiger partial charge in [-0.05, 0) is 32.6 Å². The Kier molecular flexibility index (Phi) is 3.14. The lowest BCUT2D eigenvalue weighted by Crippen LogP contribution is -2.64. The minimum Gasteiger partial charge on any atom is -0.481 e. The predicted octanol–water partition coefficient (Wildman–Crippen LogP) is 2.41. The van der Waals surface area contributed by atoms with Gasteiger partial charge in [-0.1, -0.05) is 0 Å². The van der Waals surface area contributed by atoms with Gasteiger partial charge in [0, 0.05) is 43.1 Å². The second-order valence-electron chi connectivity index (χ2n) is 8.51. The molecular formula is C18H22F2N4O2. The van der Waals surface area contributed by atoms with E-state index >= 15 is 0 Å². The maximum Gasteiger partial charge on any atom is 0.306 e. The zero-order valence-corrected chi connectivity index (χ0v) is 14.7. The first kappa shape index (κ1) is 16.2. The Hall–Kier alpha value is -1.99. The molecule has 8 heteroatoms. The summed E-state index contributed by atoms with van der Waals surface area (Å²) in [6.07, 6.45) is 2.48. The molecule has 4 aliphatic rings. The lowest BCUT2D eigenvalue weighted by Gasteiger charge is -2.58. The Labute approximate surface area is 150 Å². The number of carbonyl (C=O) groups is 1. The molecule has 140 valence electrons. The molecule has 0 unspecified atom stereocenters. The molecule has 1 N–H and O–H groups in total. The number of nitrogens with zero attached hydrogens (tertiary/aromatic N) is 4. The van der Waals surface area contributed by atoms with Gasteiger partial charge >= 0.3 is 5.97 Å². The van der Waals surface area contributed by atoms with Gasteiger partial charge in [0.15, 0.2) is 0 Å². The van der Waals surface area contributed by atoms with E-state index in [9.17, 15) is 13.6 Å². The summed E-state index contributed by atoms with van der Waals surface area (Å²) in [5, 5.41) is 9.09. The van der Waals surface area contributed by atoms with Gasteiger partial charge in [0.05, 0.1) is 5.92 Å². The average Bonchev–Trinajstić information content (AvgIpc) is 2.78. The molecule has 2 aliphatic heterocycles. The highest BCUT2D eigenvalue weighted by molar-refractivity contribution is 5.72. The van der Waals surface area contributed by atoms with Crippen LogP contribution in [0.4, 0.5) is 20.5 Å². The first-order valence-electron chi connectivity index (χ1n) is 9.32. The third-order valence-electron chi connectivity index (χ3n) is 6.65. The van der Waals surface area contributed by atoms with Gasteiger partial charge in [-0.2, -0.15) is 13.8 Å². The molecule has 26 heavy (non-hydrogen) atoms. The highest BCUT2D eigenvalue weighted by atomic mass is 19.3. The van der Waals surface area contributed by atoms with Crippen LogP contribution in [-0.4, -0.2) is 46.7 Å². The standard InChI is InChI=1S/C18H22F2N4O2/c1-10-3-5-24(10)16-21-13-12(2-4-18(13,19)20)14(22-16)23-8-17(9-23)6-11(7-17)15(25)26/h10-11H,2-9H2,1H3,(H,25,26)/t10-/m0/s1. The van der Waals surface area contributed by atoms with E-state index in [4.69, 9.17) is 5.11 Å². The quantitative estimate of drug-likeness (QED) is 0.888. The van der Waals surface area contributed by atoms with Crippen molar-refractivity contribution >= 4 is 17.7 Å². The van der Waals surface area contributed by atoms with Crippen molar-refractivity contribution in [2.45, 2.75) is 51.0 Å². The van der Waals surface area contributed by atoms with Crippen LogP contribution in [0, 0.1) is 11.3 Å². The van der Waals surface area contributed by atoms with Crippen LogP contribution in [0.3, 0.4) is 0 Å². The lowest BCUT2D eigenvalue weighted by atomic mass is 9.57. The number of aromatic nitrogens is 2. The fourth-order valence-electron chi connectivity index (χ4n) is 4.93. The Bertz CT molecular complexity index is 786. The molecule has 3 heterocycles. The molecule has 1 spiro atoms. The Balaban J connectivity index is 1.43. The van der Waals surface area contributed by atoms with Gasteiger partial charge in [0.2, 0.25) is 5.95 Å². The smallest absolute Gasteiger partial charge is 0.306 e. The van der Waals surface area contributed by atoms with Gasteiger partial charge in [0.1, 0.15) is 11.5 Å². The van der Waals surface area contributed by atoms with Crippen molar-refractivity contribution in [1.82, 2.24) is 9.97 Å². The molecule has 2 saturated heterocycles. The molecule has 1 aromatic rings. The van der Waals surface area contributed by atoms with Crippen molar-refractivity contribution in [1.29, 1.82) is 0 Å². The number of aliphatic carboxylic acids is 1. The first-order chi connectivity index (χ1) is 12.3. The maximum absolute atomic E-state index is 14.3. The molecular weight excluding hydrogens is 342 g/mol. The Morgan fingerprint density at radius 1 is 1.27 bits per heavy atom. The van der Waals surface area contributed by atoms with Crippen LogP contribution < -0.4 is 9.80 Å². The summed E-state index contributed by atoms with van der Waals surface area (Å²) in [5.74, 6) is -2.81. The normalized spacial score (nSPS) is 28.3. The van der Waals surface area contributed by atoms with Crippen LogP contribution in [0.2, 0.25) is 0 Å².